The molecule has 2 N–H and O–H groups in total. The van der Waals surface area contributed by atoms with Gasteiger partial charge in [0.05, 0.1) is 0 Å². The smallest absolute Gasteiger partial charge is 0.0499 e. The van der Waals surface area contributed by atoms with Gasteiger partial charge in [-0.05, 0) is 79.4 Å². The Kier molecular flexibility index (Phi) is 8.23. The first kappa shape index (κ1) is 23.3. The number of benzene rings is 2. The summed E-state index contributed by atoms with van der Waals surface area (Å²) >= 11 is 1.75. The minimum atomic E-state index is 0.772. The molecule has 0 aromatic heterocycles. The van der Waals surface area contributed by atoms with Gasteiger partial charge < -0.3 is 14.9 Å². The van der Waals surface area contributed by atoms with Crippen molar-refractivity contribution < 1.29 is 0 Å². The Hall–Kier alpha value is -3.37. The molecule has 2 aromatic rings. The van der Waals surface area contributed by atoms with Crippen LogP contribution < -0.4 is 10.6 Å². The number of hydrogen-bond acceptors (Lipinski definition) is 4. The molecule has 0 aliphatic carbocycles. The summed E-state index contributed by atoms with van der Waals surface area (Å²) in [6.07, 6.45) is 11.9. The zero-order chi connectivity index (χ0) is 22.9. The third-order valence-electron chi connectivity index (χ3n) is 5.14. The van der Waals surface area contributed by atoms with E-state index in [-0.39, 0.29) is 0 Å². The van der Waals surface area contributed by atoms with Gasteiger partial charge in [0.2, 0.25) is 0 Å². The summed E-state index contributed by atoms with van der Waals surface area (Å²) in [5, 5.41) is 6.67. The molecule has 1 heterocycles. The van der Waals surface area contributed by atoms with Crippen molar-refractivity contribution in [3.05, 3.63) is 116 Å². The number of anilines is 2. The molecule has 3 rings (SSSR count). The van der Waals surface area contributed by atoms with Crippen molar-refractivity contribution in [1.29, 1.82) is 0 Å². The summed E-state index contributed by atoms with van der Waals surface area (Å²) in [5.41, 5.74) is 7.12. The molecule has 0 saturated carbocycles. The van der Waals surface area contributed by atoms with Crippen molar-refractivity contribution in [3.8, 4) is 0 Å². The number of rotatable bonds is 9. The quantitative estimate of drug-likeness (QED) is 0.387. The first-order valence-corrected chi connectivity index (χ1v) is 11.5. The van der Waals surface area contributed by atoms with E-state index in [1.54, 1.807) is 18.1 Å². The fourth-order valence-corrected chi connectivity index (χ4v) is 4.72. The van der Waals surface area contributed by atoms with Gasteiger partial charge in [0.15, 0.2) is 0 Å². The number of hydrogen-bond donors (Lipinski definition) is 2. The highest BCUT2D eigenvalue weighted by molar-refractivity contribution is 7.97. The molecule has 2 aromatic carbocycles. The number of allylic oxidation sites excluding steroid dienone is 4. The molecule has 4 heteroatoms. The largest absolute Gasteiger partial charge is 0.362 e. The predicted octanol–water partition coefficient (Wildman–Crippen LogP) is 7.90. The van der Waals surface area contributed by atoms with Crippen LogP contribution >= 0.6 is 11.9 Å². The molecule has 0 amide bonds. The minimum absolute atomic E-state index is 0.772. The Morgan fingerprint density at radius 1 is 1.16 bits per heavy atom. The van der Waals surface area contributed by atoms with Crippen molar-refractivity contribution in [2.75, 3.05) is 11.9 Å². The SMILES string of the molecule is C=CNC(=C)c1c(C=C)cccc1Nc1cccc(SN2CCCC(=C)/C2=C\C=C/C)c1. The van der Waals surface area contributed by atoms with Crippen LogP contribution in [0.1, 0.15) is 30.9 Å². The second kappa shape index (κ2) is 11.3. The van der Waals surface area contributed by atoms with Crippen LogP contribution in [0.2, 0.25) is 0 Å². The lowest BCUT2D eigenvalue weighted by Gasteiger charge is -2.31. The zero-order valence-corrected chi connectivity index (χ0v) is 19.5. The molecule has 1 aliphatic heterocycles. The lowest BCUT2D eigenvalue weighted by Crippen LogP contribution is -2.22. The Balaban J connectivity index is 1.86. The first-order valence-electron chi connectivity index (χ1n) is 10.7. The average molecular weight is 442 g/mol. The van der Waals surface area contributed by atoms with Crippen LogP contribution in [0, 0.1) is 0 Å². The minimum Gasteiger partial charge on any atom is -0.362 e. The van der Waals surface area contributed by atoms with Crippen LogP contribution in [0.25, 0.3) is 11.8 Å². The van der Waals surface area contributed by atoms with Gasteiger partial charge >= 0.3 is 0 Å². The van der Waals surface area contributed by atoms with Crippen molar-refractivity contribution in [3.63, 3.8) is 0 Å². The second-order valence-corrected chi connectivity index (χ2v) is 8.53. The molecular weight excluding hydrogens is 410 g/mol. The third-order valence-corrected chi connectivity index (χ3v) is 6.20. The van der Waals surface area contributed by atoms with Crippen LogP contribution in [0.4, 0.5) is 11.4 Å². The van der Waals surface area contributed by atoms with E-state index < -0.39 is 0 Å². The monoisotopic (exact) mass is 441 g/mol. The molecule has 0 spiro atoms. The molecule has 32 heavy (non-hydrogen) atoms. The zero-order valence-electron chi connectivity index (χ0n) is 18.7. The third kappa shape index (κ3) is 5.65. The number of piperidine rings is 1. The number of nitrogens with zero attached hydrogens (tertiary/aromatic N) is 1. The lowest BCUT2D eigenvalue weighted by atomic mass is 10.0. The molecule has 1 aliphatic rings. The Bertz CT molecular complexity index is 1080. The van der Waals surface area contributed by atoms with Crippen molar-refractivity contribution in [2.45, 2.75) is 24.7 Å². The summed E-state index contributed by atoms with van der Waals surface area (Å²) in [6, 6.07) is 14.5. The molecule has 0 bridgehead atoms. The van der Waals surface area contributed by atoms with Crippen LogP contribution in [0.3, 0.4) is 0 Å². The second-order valence-electron chi connectivity index (χ2n) is 7.43. The molecule has 0 unspecified atom stereocenters. The standard InChI is InChI=1S/C28H31N3S/c1-6-9-18-27-21(4)13-12-19-31(27)32-25-16-11-15-24(20-25)30-26-17-10-14-23(7-2)28(26)22(5)29-8-3/h6-11,14-18,20,29-30H,2-5,12-13,19H2,1H3/b9-6-,27-18+. The molecule has 164 valence electrons. The Labute approximate surface area is 196 Å². The molecular formula is C28H31N3S. The first-order chi connectivity index (χ1) is 15.6. The van der Waals surface area contributed by atoms with E-state index >= 15 is 0 Å². The van der Waals surface area contributed by atoms with Crippen LogP contribution in [-0.2, 0) is 0 Å². The highest BCUT2D eigenvalue weighted by Crippen LogP contribution is 2.36. The Morgan fingerprint density at radius 3 is 2.72 bits per heavy atom. The highest BCUT2D eigenvalue weighted by Gasteiger charge is 2.19. The van der Waals surface area contributed by atoms with Crippen LogP contribution in [0.15, 0.2) is 109 Å². The summed E-state index contributed by atoms with van der Waals surface area (Å²) in [6.45, 7) is 19.2. The fourth-order valence-electron chi connectivity index (χ4n) is 3.63. The molecule has 0 atom stereocenters. The lowest BCUT2D eigenvalue weighted by molar-refractivity contribution is 0.510. The van der Waals surface area contributed by atoms with Gasteiger partial charge in [0.25, 0.3) is 0 Å². The van der Waals surface area contributed by atoms with Gasteiger partial charge in [-0.2, -0.15) is 0 Å². The van der Waals surface area contributed by atoms with Crippen molar-refractivity contribution in [1.82, 2.24) is 9.62 Å². The molecule has 1 fully saturated rings. The van der Waals surface area contributed by atoms with E-state index in [4.69, 9.17) is 0 Å². The van der Waals surface area contributed by atoms with E-state index in [1.165, 1.54) is 16.2 Å². The van der Waals surface area contributed by atoms with Crippen molar-refractivity contribution >= 4 is 35.1 Å². The van der Waals surface area contributed by atoms with Gasteiger partial charge in [-0.15, -0.1) is 0 Å². The maximum atomic E-state index is 4.27. The van der Waals surface area contributed by atoms with Gasteiger partial charge in [-0.3, -0.25) is 0 Å². The summed E-state index contributed by atoms with van der Waals surface area (Å²) in [4.78, 5) is 1.17. The van der Waals surface area contributed by atoms with Crippen LogP contribution in [-0.4, -0.2) is 10.8 Å². The van der Waals surface area contributed by atoms with Crippen LogP contribution in [0.5, 0.6) is 0 Å². The highest BCUT2D eigenvalue weighted by atomic mass is 32.2. The summed E-state index contributed by atoms with van der Waals surface area (Å²) < 4.78 is 2.34. The van der Waals surface area contributed by atoms with Gasteiger partial charge in [-0.25, -0.2) is 0 Å². The maximum absolute atomic E-state index is 4.27. The van der Waals surface area contributed by atoms with Crippen molar-refractivity contribution in [2.24, 2.45) is 0 Å². The van der Waals surface area contributed by atoms with Gasteiger partial charge in [0.1, 0.15) is 0 Å². The van der Waals surface area contributed by atoms with E-state index in [1.807, 2.05) is 37.3 Å². The topological polar surface area (TPSA) is 27.3 Å². The fraction of sp³-hybridized carbons (Fsp3) is 0.143. The van der Waals surface area contributed by atoms with E-state index in [9.17, 15) is 0 Å². The summed E-state index contributed by atoms with van der Waals surface area (Å²) in [7, 11) is 0. The maximum Gasteiger partial charge on any atom is 0.0499 e. The van der Waals surface area contributed by atoms with E-state index in [2.05, 4.69) is 77.7 Å². The van der Waals surface area contributed by atoms with E-state index in [0.29, 0.717) is 0 Å². The Morgan fingerprint density at radius 2 is 1.97 bits per heavy atom. The predicted molar refractivity (Wildman–Crippen MR) is 142 cm³/mol. The van der Waals surface area contributed by atoms with E-state index in [0.717, 1.165) is 47.6 Å². The summed E-state index contributed by atoms with van der Waals surface area (Å²) in [5.74, 6) is 0. The molecule has 0 radical (unpaired) electrons. The molecule has 1 saturated heterocycles. The average Bonchev–Trinajstić information content (AvgIpc) is 2.79. The number of nitrogens with one attached hydrogen (secondary N) is 2. The normalized spacial score (nSPS) is 15.1. The van der Waals surface area contributed by atoms with Gasteiger partial charge in [-0.1, -0.05) is 62.7 Å². The molecule has 3 nitrogen and oxygen atoms in total. The van der Waals surface area contributed by atoms with Gasteiger partial charge in [0, 0.05) is 39.8 Å².